The van der Waals surface area contributed by atoms with Crippen molar-refractivity contribution in [3.8, 4) is 6.01 Å². The number of amides is 1. The first-order valence-corrected chi connectivity index (χ1v) is 12.5. The third kappa shape index (κ3) is 5.26. The van der Waals surface area contributed by atoms with E-state index in [2.05, 4.69) is 35.4 Å². The van der Waals surface area contributed by atoms with Crippen molar-refractivity contribution in [2.24, 2.45) is 0 Å². The summed E-state index contributed by atoms with van der Waals surface area (Å²) in [5.74, 6) is 0.627. The van der Waals surface area contributed by atoms with Gasteiger partial charge >= 0.3 is 6.01 Å². The van der Waals surface area contributed by atoms with Gasteiger partial charge in [-0.3, -0.25) is 9.89 Å². The van der Waals surface area contributed by atoms with Crippen molar-refractivity contribution in [1.82, 2.24) is 30.5 Å². The molecule has 1 aliphatic carbocycles. The topological polar surface area (TPSA) is 138 Å². The summed E-state index contributed by atoms with van der Waals surface area (Å²) in [5.41, 5.74) is 1.26. The van der Waals surface area contributed by atoms with Gasteiger partial charge in [-0.25, -0.2) is 4.98 Å². The van der Waals surface area contributed by atoms with Crippen molar-refractivity contribution in [2.45, 2.75) is 56.7 Å². The van der Waals surface area contributed by atoms with Crippen LogP contribution < -0.4 is 15.0 Å². The summed E-state index contributed by atoms with van der Waals surface area (Å²) in [6.07, 6.45) is 5.65. The number of fused-ring (bicyclic) bond motifs is 1. The summed E-state index contributed by atoms with van der Waals surface area (Å²) in [5, 5.41) is 21.8. The maximum Gasteiger partial charge on any atom is 0.319 e. The number of H-pyrrole nitrogens is 1. The highest BCUT2D eigenvalue weighted by Gasteiger charge is 2.35. The van der Waals surface area contributed by atoms with Crippen LogP contribution in [-0.2, 0) is 4.74 Å². The van der Waals surface area contributed by atoms with E-state index in [1.54, 1.807) is 19.4 Å². The number of methoxy groups -OCH3 is 1. The number of carbonyl (C=O) groups is 1. The van der Waals surface area contributed by atoms with Gasteiger partial charge < -0.3 is 24.8 Å². The first-order valence-electron chi connectivity index (χ1n) is 12.5. The Labute approximate surface area is 209 Å². The number of nitrogens with one attached hydrogen (secondary N) is 2. The molecule has 0 spiro atoms. The third-order valence-electron chi connectivity index (χ3n) is 7.08. The Morgan fingerprint density at radius 3 is 2.86 bits per heavy atom. The highest BCUT2D eigenvalue weighted by Crippen LogP contribution is 2.33. The third-order valence-corrected chi connectivity index (χ3v) is 7.08. The van der Waals surface area contributed by atoms with Gasteiger partial charge in [0.1, 0.15) is 17.6 Å². The SMILES string of the molecule is COC[C@@H](C)Oc1nc(C(=O)NCC2(O)CCC2)cc(N2CCC(c3[nH]nc4ncccc34)CC2)n1. The molecule has 1 saturated carbocycles. The molecule has 11 nitrogen and oxygen atoms in total. The van der Waals surface area contributed by atoms with Crippen LogP contribution in [0, 0.1) is 0 Å². The number of hydrogen-bond acceptors (Lipinski definition) is 9. The molecule has 192 valence electrons. The van der Waals surface area contributed by atoms with Crippen LogP contribution >= 0.6 is 0 Å². The Morgan fingerprint density at radius 2 is 2.14 bits per heavy atom. The molecule has 0 unspecified atom stereocenters. The van der Waals surface area contributed by atoms with Gasteiger partial charge in [0.25, 0.3) is 5.91 Å². The summed E-state index contributed by atoms with van der Waals surface area (Å²) in [6.45, 7) is 3.97. The smallest absolute Gasteiger partial charge is 0.319 e. The van der Waals surface area contributed by atoms with E-state index >= 15 is 0 Å². The van der Waals surface area contributed by atoms with Gasteiger partial charge in [0.15, 0.2) is 5.65 Å². The fourth-order valence-corrected chi connectivity index (χ4v) is 4.87. The Balaban J connectivity index is 1.31. The number of aliphatic hydroxyl groups is 1. The van der Waals surface area contributed by atoms with Gasteiger partial charge in [0.2, 0.25) is 0 Å². The zero-order valence-corrected chi connectivity index (χ0v) is 20.7. The summed E-state index contributed by atoms with van der Waals surface area (Å²) in [6, 6.07) is 5.81. The van der Waals surface area contributed by atoms with Gasteiger partial charge in [-0.2, -0.15) is 15.1 Å². The molecule has 3 aromatic rings. The average Bonchev–Trinajstić information content (AvgIpc) is 3.30. The molecule has 36 heavy (non-hydrogen) atoms. The quantitative estimate of drug-likeness (QED) is 0.408. The van der Waals surface area contributed by atoms with Crippen LogP contribution in [-0.4, -0.2) is 81.2 Å². The number of anilines is 1. The molecule has 3 aromatic heterocycles. The highest BCUT2D eigenvalue weighted by atomic mass is 16.5. The van der Waals surface area contributed by atoms with Crippen LogP contribution in [0.3, 0.4) is 0 Å². The molecule has 0 radical (unpaired) electrons. The number of ether oxygens (including phenoxy) is 2. The number of carbonyl (C=O) groups excluding carboxylic acids is 1. The highest BCUT2D eigenvalue weighted by molar-refractivity contribution is 5.93. The fourth-order valence-electron chi connectivity index (χ4n) is 4.87. The second-order valence-corrected chi connectivity index (χ2v) is 9.81. The summed E-state index contributed by atoms with van der Waals surface area (Å²) >= 11 is 0. The van der Waals surface area contributed by atoms with Gasteiger partial charge in [0, 0.05) is 56.0 Å². The van der Waals surface area contributed by atoms with Crippen molar-refractivity contribution in [1.29, 1.82) is 0 Å². The molecule has 3 N–H and O–H groups in total. The molecule has 5 rings (SSSR count). The monoisotopic (exact) mass is 495 g/mol. The maximum absolute atomic E-state index is 12.9. The molecule has 1 atom stereocenters. The van der Waals surface area contributed by atoms with E-state index in [0.29, 0.717) is 31.2 Å². The zero-order valence-electron chi connectivity index (χ0n) is 20.7. The average molecular weight is 496 g/mol. The van der Waals surface area contributed by atoms with Crippen LogP contribution in [0.5, 0.6) is 6.01 Å². The van der Waals surface area contributed by atoms with Crippen LogP contribution in [0.15, 0.2) is 24.4 Å². The summed E-state index contributed by atoms with van der Waals surface area (Å²) < 4.78 is 11.0. The van der Waals surface area contributed by atoms with Gasteiger partial charge in [-0.1, -0.05) is 0 Å². The predicted molar refractivity (Wildman–Crippen MR) is 133 cm³/mol. The van der Waals surface area contributed by atoms with Crippen LogP contribution in [0.2, 0.25) is 0 Å². The first-order chi connectivity index (χ1) is 17.4. The lowest BCUT2D eigenvalue weighted by Crippen LogP contribution is -2.48. The molecule has 11 heteroatoms. The minimum Gasteiger partial charge on any atom is -0.458 e. The lowest BCUT2D eigenvalue weighted by molar-refractivity contribution is -0.0300. The van der Waals surface area contributed by atoms with Crippen molar-refractivity contribution >= 4 is 22.8 Å². The lowest BCUT2D eigenvalue weighted by atomic mass is 9.80. The van der Waals surface area contributed by atoms with Crippen molar-refractivity contribution in [3.05, 3.63) is 35.8 Å². The Bertz CT molecular complexity index is 1200. The Hall–Kier alpha value is -3.31. The van der Waals surface area contributed by atoms with E-state index in [-0.39, 0.29) is 30.3 Å². The molecule has 0 aromatic carbocycles. The van der Waals surface area contributed by atoms with Crippen molar-refractivity contribution in [3.63, 3.8) is 0 Å². The number of piperidine rings is 1. The second-order valence-electron chi connectivity index (χ2n) is 9.81. The molecule has 0 bridgehead atoms. The number of pyridine rings is 1. The second kappa shape index (κ2) is 10.4. The largest absolute Gasteiger partial charge is 0.458 e. The normalized spacial score (nSPS) is 18.6. The number of nitrogens with zero attached hydrogens (tertiary/aromatic N) is 5. The molecule has 2 aliphatic rings. The van der Waals surface area contributed by atoms with Crippen molar-refractivity contribution in [2.75, 3.05) is 38.3 Å². The first kappa shape index (κ1) is 24.4. The number of rotatable bonds is 9. The van der Waals surface area contributed by atoms with Gasteiger partial charge in [0.05, 0.1) is 12.2 Å². The fraction of sp³-hybridized carbons (Fsp3) is 0.560. The minimum absolute atomic E-state index is 0.136. The van der Waals surface area contributed by atoms with E-state index in [1.165, 1.54) is 0 Å². The molecule has 1 saturated heterocycles. The maximum atomic E-state index is 12.9. The number of aromatic amines is 1. The van der Waals surface area contributed by atoms with Gasteiger partial charge in [-0.15, -0.1) is 0 Å². The van der Waals surface area contributed by atoms with Crippen LogP contribution in [0.4, 0.5) is 5.82 Å². The van der Waals surface area contributed by atoms with E-state index in [1.807, 2.05) is 19.1 Å². The molecule has 4 heterocycles. The molecule has 1 aliphatic heterocycles. The minimum atomic E-state index is -0.813. The number of hydrogen-bond donors (Lipinski definition) is 3. The van der Waals surface area contributed by atoms with E-state index in [0.717, 1.165) is 49.1 Å². The Kier molecular flexibility index (Phi) is 7.01. The van der Waals surface area contributed by atoms with Gasteiger partial charge in [-0.05, 0) is 51.2 Å². The lowest BCUT2D eigenvalue weighted by Gasteiger charge is -2.36. The standard InChI is InChI=1S/C25H33N7O4/c1-16(14-35-2)36-24-28-19(23(33)27-15-25(34)8-4-9-25)13-20(29-24)32-11-6-17(7-12-32)21-18-5-3-10-26-22(18)31-30-21/h3,5,10,13,16-17,34H,4,6-9,11-12,14-15H2,1-2H3,(H,27,33)(H,26,30,31)/t16-/m1/s1. The van der Waals surface area contributed by atoms with E-state index < -0.39 is 5.60 Å². The van der Waals surface area contributed by atoms with Crippen LogP contribution in [0.1, 0.15) is 61.1 Å². The van der Waals surface area contributed by atoms with Crippen LogP contribution in [0.25, 0.3) is 11.0 Å². The molecule has 1 amide bonds. The van der Waals surface area contributed by atoms with E-state index in [4.69, 9.17) is 9.47 Å². The van der Waals surface area contributed by atoms with Crippen molar-refractivity contribution < 1.29 is 19.4 Å². The Morgan fingerprint density at radius 1 is 1.33 bits per heavy atom. The predicted octanol–water partition coefficient (Wildman–Crippen LogP) is 2.19. The molecular weight excluding hydrogens is 462 g/mol. The molecule has 2 fully saturated rings. The molecular formula is C25H33N7O4. The van der Waals surface area contributed by atoms with E-state index in [9.17, 15) is 9.90 Å². The summed E-state index contributed by atoms with van der Waals surface area (Å²) in [7, 11) is 1.60. The zero-order chi connectivity index (χ0) is 25.1. The number of aromatic nitrogens is 5. The summed E-state index contributed by atoms with van der Waals surface area (Å²) in [4.78, 5) is 28.4.